The monoisotopic (exact) mass is 435 g/mol. The molecular formula is C28H37NO3. The normalized spacial score (nSPS) is 14.9. The molecule has 1 fully saturated rings. The van der Waals surface area contributed by atoms with E-state index >= 15 is 0 Å². The Morgan fingerprint density at radius 1 is 0.938 bits per heavy atom. The Morgan fingerprint density at radius 3 is 2.38 bits per heavy atom. The van der Waals surface area contributed by atoms with Gasteiger partial charge in [0, 0.05) is 17.5 Å². The molecular weight excluding hydrogens is 398 g/mol. The SMILES string of the molecule is Cc1c(C(C)(C)C)c(OCCN2CCCC2)c(OCCCc2ccccc2)c2occc12. The molecule has 4 heteroatoms. The number of hydrogen-bond acceptors (Lipinski definition) is 4. The van der Waals surface area contributed by atoms with Crippen LogP contribution in [0.5, 0.6) is 11.5 Å². The van der Waals surface area contributed by atoms with E-state index in [1.165, 1.54) is 42.6 Å². The number of rotatable bonds is 9. The summed E-state index contributed by atoms with van der Waals surface area (Å²) >= 11 is 0. The number of benzene rings is 2. The zero-order valence-electron chi connectivity index (χ0n) is 20.1. The Kier molecular flexibility index (Phi) is 7.10. The summed E-state index contributed by atoms with van der Waals surface area (Å²) in [5.74, 6) is 1.62. The molecule has 0 atom stereocenters. The van der Waals surface area contributed by atoms with Gasteiger partial charge < -0.3 is 13.9 Å². The zero-order chi connectivity index (χ0) is 22.6. The van der Waals surface area contributed by atoms with Gasteiger partial charge in [0.05, 0.1) is 12.9 Å². The molecule has 0 amide bonds. The van der Waals surface area contributed by atoms with Crippen LogP contribution in [0.2, 0.25) is 0 Å². The summed E-state index contributed by atoms with van der Waals surface area (Å²) in [7, 11) is 0. The molecule has 4 rings (SSSR count). The van der Waals surface area contributed by atoms with Crippen LogP contribution in [0.25, 0.3) is 11.0 Å². The van der Waals surface area contributed by atoms with Gasteiger partial charge in [-0.3, -0.25) is 4.90 Å². The second kappa shape index (κ2) is 9.99. The summed E-state index contributed by atoms with van der Waals surface area (Å²) in [5, 5.41) is 1.11. The summed E-state index contributed by atoms with van der Waals surface area (Å²) < 4.78 is 18.8. The second-order valence-corrected chi connectivity index (χ2v) is 9.91. The first-order valence-corrected chi connectivity index (χ1v) is 12.0. The molecule has 172 valence electrons. The lowest BCUT2D eigenvalue weighted by Crippen LogP contribution is -2.26. The lowest BCUT2D eigenvalue weighted by atomic mass is 9.82. The highest BCUT2D eigenvalue weighted by Gasteiger charge is 2.29. The van der Waals surface area contributed by atoms with Gasteiger partial charge in [-0.05, 0) is 68.3 Å². The largest absolute Gasteiger partial charge is 0.488 e. The van der Waals surface area contributed by atoms with E-state index in [4.69, 9.17) is 13.9 Å². The number of likely N-dealkylation sites (tertiary alicyclic amines) is 1. The van der Waals surface area contributed by atoms with E-state index in [2.05, 4.69) is 62.9 Å². The van der Waals surface area contributed by atoms with E-state index in [1.807, 2.05) is 6.07 Å². The van der Waals surface area contributed by atoms with E-state index < -0.39 is 0 Å². The molecule has 0 N–H and O–H groups in total. The lowest BCUT2D eigenvalue weighted by Gasteiger charge is -2.28. The van der Waals surface area contributed by atoms with Gasteiger partial charge in [0.25, 0.3) is 0 Å². The average molecular weight is 436 g/mol. The van der Waals surface area contributed by atoms with Crippen LogP contribution in [0.3, 0.4) is 0 Å². The summed E-state index contributed by atoms with van der Waals surface area (Å²) in [6.07, 6.45) is 6.28. The van der Waals surface area contributed by atoms with Crippen molar-refractivity contribution in [1.82, 2.24) is 4.90 Å². The molecule has 1 saturated heterocycles. The number of nitrogens with zero attached hydrogens (tertiary/aromatic N) is 1. The topological polar surface area (TPSA) is 34.8 Å². The molecule has 0 spiro atoms. The van der Waals surface area contributed by atoms with E-state index in [0.717, 1.165) is 41.9 Å². The van der Waals surface area contributed by atoms with Gasteiger partial charge in [0.1, 0.15) is 6.61 Å². The lowest BCUT2D eigenvalue weighted by molar-refractivity contribution is 0.220. The van der Waals surface area contributed by atoms with Gasteiger partial charge in [-0.2, -0.15) is 0 Å². The van der Waals surface area contributed by atoms with Crippen LogP contribution in [0.15, 0.2) is 47.1 Å². The Labute approximate surface area is 192 Å². The smallest absolute Gasteiger partial charge is 0.205 e. The third-order valence-corrected chi connectivity index (χ3v) is 6.39. The standard InChI is InChI=1S/C28H37NO3/c1-21-23-14-19-31-25(23)27(30-18-10-13-22-11-6-5-7-12-22)26(24(21)28(2,3)4)32-20-17-29-15-8-9-16-29/h5-7,11-12,14,19H,8-10,13,15-18,20H2,1-4H3. The quantitative estimate of drug-likeness (QED) is 0.358. The molecule has 4 nitrogen and oxygen atoms in total. The van der Waals surface area contributed by atoms with Crippen LogP contribution < -0.4 is 9.47 Å². The molecule has 1 aliphatic rings. The molecule has 32 heavy (non-hydrogen) atoms. The summed E-state index contributed by atoms with van der Waals surface area (Å²) in [5.41, 5.74) is 4.49. The summed E-state index contributed by atoms with van der Waals surface area (Å²) in [6, 6.07) is 12.6. The molecule has 2 heterocycles. The van der Waals surface area contributed by atoms with Crippen molar-refractivity contribution in [2.24, 2.45) is 0 Å². The summed E-state index contributed by atoms with van der Waals surface area (Å²) in [4.78, 5) is 2.48. The van der Waals surface area contributed by atoms with Gasteiger partial charge in [0.15, 0.2) is 11.3 Å². The average Bonchev–Trinajstić information content (AvgIpc) is 3.45. The van der Waals surface area contributed by atoms with Crippen molar-refractivity contribution in [3.8, 4) is 11.5 Å². The highest BCUT2D eigenvalue weighted by molar-refractivity contribution is 5.91. The highest BCUT2D eigenvalue weighted by Crippen LogP contribution is 2.47. The molecule has 0 bridgehead atoms. The number of fused-ring (bicyclic) bond motifs is 1. The predicted molar refractivity (Wildman–Crippen MR) is 131 cm³/mol. The van der Waals surface area contributed by atoms with Crippen LogP contribution >= 0.6 is 0 Å². The van der Waals surface area contributed by atoms with Crippen LogP contribution in [0.4, 0.5) is 0 Å². The molecule has 2 aromatic carbocycles. The van der Waals surface area contributed by atoms with Crippen molar-refractivity contribution in [2.75, 3.05) is 32.8 Å². The third-order valence-electron chi connectivity index (χ3n) is 6.39. The first-order chi connectivity index (χ1) is 15.4. The Bertz CT molecular complexity index is 1010. The predicted octanol–water partition coefficient (Wildman–Crippen LogP) is 6.52. The molecule has 0 aliphatic carbocycles. The maximum absolute atomic E-state index is 6.50. The van der Waals surface area contributed by atoms with Gasteiger partial charge in [-0.1, -0.05) is 51.1 Å². The fourth-order valence-corrected chi connectivity index (χ4v) is 4.85. The molecule has 3 aromatic rings. The minimum atomic E-state index is -0.0688. The van der Waals surface area contributed by atoms with Gasteiger partial charge in [-0.25, -0.2) is 0 Å². The van der Waals surface area contributed by atoms with Crippen molar-refractivity contribution in [3.05, 3.63) is 59.4 Å². The first-order valence-electron chi connectivity index (χ1n) is 12.0. The van der Waals surface area contributed by atoms with Crippen LogP contribution in [-0.4, -0.2) is 37.7 Å². The van der Waals surface area contributed by atoms with Crippen molar-refractivity contribution >= 4 is 11.0 Å². The molecule has 0 radical (unpaired) electrons. The van der Waals surface area contributed by atoms with E-state index in [0.29, 0.717) is 13.2 Å². The maximum Gasteiger partial charge on any atom is 0.205 e. The van der Waals surface area contributed by atoms with Crippen molar-refractivity contribution in [1.29, 1.82) is 0 Å². The minimum Gasteiger partial charge on any atom is -0.488 e. The van der Waals surface area contributed by atoms with E-state index in [1.54, 1.807) is 6.26 Å². The van der Waals surface area contributed by atoms with Crippen molar-refractivity contribution in [3.63, 3.8) is 0 Å². The van der Waals surface area contributed by atoms with Gasteiger partial charge in [-0.15, -0.1) is 0 Å². The number of ether oxygens (including phenoxy) is 2. The number of furan rings is 1. The highest BCUT2D eigenvalue weighted by atomic mass is 16.5. The number of aryl methyl sites for hydroxylation is 2. The Morgan fingerprint density at radius 2 is 1.66 bits per heavy atom. The van der Waals surface area contributed by atoms with E-state index in [-0.39, 0.29) is 5.41 Å². The summed E-state index contributed by atoms with van der Waals surface area (Å²) in [6.45, 7) is 13.5. The fourth-order valence-electron chi connectivity index (χ4n) is 4.85. The second-order valence-electron chi connectivity index (χ2n) is 9.91. The van der Waals surface area contributed by atoms with Crippen LogP contribution in [0, 0.1) is 6.92 Å². The number of hydrogen-bond donors (Lipinski definition) is 0. The molecule has 0 unspecified atom stereocenters. The van der Waals surface area contributed by atoms with Crippen LogP contribution in [0.1, 0.15) is 56.7 Å². The van der Waals surface area contributed by atoms with Crippen molar-refractivity contribution < 1.29 is 13.9 Å². The van der Waals surface area contributed by atoms with E-state index in [9.17, 15) is 0 Å². The zero-order valence-corrected chi connectivity index (χ0v) is 20.1. The van der Waals surface area contributed by atoms with Gasteiger partial charge in [0.2, 0.25) is 5.75 Å². The third kappa shape index (κ3) is 5.12. The fraction of sp³-hybridized carbons (Fsp3) is 0.500. The molecule has 1 aliphatic heterocycles. The Hall–Kier alpha value is -2.46. The van der Waals surface area contributed by atoms with Gasteiger partial charge >= 0.3 is 0 Å². The Balaban J connectivity index is 1.58. The minimum absolute atomic E-state index is 0.0688. The maximum atomic E-state index is 6.50. The molecule has 0 saturated carbocycles. The first kappa shape index (κ1) is 22.7. The van der Waals surface area contributed by atoms with Crippen LogP contribution in [-0.2, 0) is 11.8 Å². The van der Waals surface area contributed by atoms with Crippen molar-refractivity contribution in [2.45, 2.75) is 58.8 Å². The molecule has 1 aromatic heterocycles.